The van der Waals surface area contributed by atoms with Crippen LogP contribution in [0.4, 0.5) is 0 Å². The molecule has 1 aromatic carbocycles. The van der Waals surface area contributed by atoms with Crippen molar-refractivity contribution in [2.45, 2.75) is 6.42 Å². The molecule has 1 rings (SSSR count). The third-order valence-electron chi connectivity index (χ3n) is 1.83. The summed E-state index contributed by atoms with van der Waals surface area (Å²) in [5.41, 5.74) is 6.47. The van der Waals surface area contributed by atoms with Crippen LogP contribution in [0, 0.1) is 0 Å². The predicted molar refractivity (Wildman–Crippen MR) is 63.4 cm³/mol. The minimum Gasteiger partial charge on any atom is -0.496 e. The highest BCUT2D eigenvalue weighted by molar-refractivity contribution is 9.10. The molecule has 0 atom stereocenters. The molecule has 0 spiro atoms. The molecule has 0 heterocycles. The van der Waals surface area contributed by atoms with Crippen molar-refractivity contribution in [2.75, 3.05) is 13.7 Å². The van der Waals surface area contributed by atoms with E-state index in [1.807, 2.05) is 30.4 Å². The first-order chi connectivity index (χ1) is 6.77. The fourth-order valence-corrected chi connectivity index (χ4v) is 1.47. The first-order valence-electron chi connectivity index (χ1n) is 4.48. The highest BCUT2D eigenvalue weighted by Crippen LogP contribution is 2.24. The largest absolute Gasteiger partial charge is 0.496 e. The van der Waals surface area contributed by atoms with Crippen LogP contribution < -0.4 is 10.5 Å². The van der Waals surface area contributed by atoms with Crippen LogP contribution in [0.25, 0.3) is 6.08 Å². The van der Waals surface area contributed by atoms with E-state index < -0.39 is 0 Å². The Morgan fingerprint density at radius 2 is 2.29 bits per heavy atom. The van der Waals surface area contributed by atoms with Gasteiger partial charge in [0.2, 0.25) is 0 Å². The van der Waals surface area contributed by atoms with Crippen molar-refractivity contribution in [3.05, 3.63) is 34.3 Å². The summed E-state index contributed by atoms with van der Waals surface area (Å²) in [4.78, 5) is 0. The van der Waals surface area contributed by atoms with Gasteiger partial charge in [-0.1, -0.05) is 34.1 Å². The van der Waals surface area contributed by atoms with Crippen molar-refractivity contribution in [1.82, 2.24) is 0 Å². The van der Waals surface area contributed by atoms with Crippen LogP contribution in [0.3, 0.4) is 0 Å². The molecule has 0 radical (unpaired) electrons. The number of ether oxygens (including phenoxy) is 1. The zero-order chi connectivity index (χ0) is 10.4. The van der Waals surface area contributed by atoms with E-state index in [1.54, 1.807) is 7.11 Å². The van der Waals surface area contributed by atoms with Gasteiger partial charge in [-0.2, -0.15) is 0 Å². The smallest absolute Gasteiger partial charge is 0.127 e. The molecular formula is C11H14BrNO. The standard InChI is InChI=1S/C11H14BrNO/c1-14-11-8-10(12)6-5-9(11)4-2-3-7-13/h2,4-6,8H,3,7,13H2,1H3. The SMILES string of the molecule is COc1cc(Br)ccc1C=CCCN. The summed E-state index contributed by atoms with van der Waals surface area (Å²) >= 11 is 3.39. The summed E-state index contributed by atoms with van der Waals surface area (Å²) in [6.07, 6.45) is 4.96. The van der Waals surface area contributed by atoms with Gasteiger partial charge in [0.25, 0.3) is 0 Å². The molecule has 0 aromatic heterocycles. The zero-order valence-electron chi connectivity index (χ0n) is 8.16. The van der Waals surface area contributed by atoms with E-state index >= 15 is 0 Å². The molecule has 0 amide bonds. The number of benzene rings is 1. The molecule has 0 aliphatic heterocycles. The van der Waals surface area contributed by atoms with Gasteiger partial charge in [0.1, 0.15) is 5.75 Å². The molecule has 2 N–H and O–H groups in total. The Hall–Kier alpha value is -0.800. The van der Waals surface area contributed by atoms with Crippen molar-refractivity contribution >= 4 is 22.0 Å². The van der Waals surface area contributed by atoms with E-state index in [0.29, 0.717) is 6.54 Å². The Bertz CT molecular complexity index is 323. The van der Waals surface area contributed by atoms with E-state index in [1.165, 1.54) is 0 Å². The van der Waals surface area contributed by atoms with Gasteiger partial charge in [-0.3, -0.25) is 0 Å². The normalized spacial score (nSPS) is 10.8. The van der Waals surface area contributed by atoms with Crippen molar-refractivity contribution in [2.24, 2.45) is 5.73 Å². The molecule has 76 valence electrons. The highest BCUT2D eigenvalue weighted by Gasteiger charge is 1.99. The van der Waals surface area contributed by atoms with Crippen molar-refractivity contribution < 1.29 is 4.74 Å². The summed E-state index contributed by atoms with van der Waals surface area (Å²) in [6, 6.07) is 5.95. The Labute approximate surface area is 92.9 Å². The minimum absolute atomic E-state index is 0.676. The third kappa shape index (κ3) is 3.16. The second-order valence-electron chi connectivity index (χ2n) is 2.87. The van der Waals surface area contributed by atoms with Crippen LogP contribution in [-0.2, 0) is 0 Å². The highest BCUT2D eigenvalue weighted by atomic mass is 79.9. The van der Waals surface area contributed by atoms with Gasteiger partial charge in [-0.25, -0.2) is 0 Å². The topological polar surface area (TPSA) is 35.2 Å². The number of rotatable bonds is 4. The van der Waals surface area contributed by atoms with Crippen LogP contribution in [-0.4, -0.2) is 13.7 Å². The lowest BCUT2D eigenvalue weighted by Gasteiger charge is -2.04. The predicted octanol–water partition coefficient (Wildman–Crippen LogP) is 2.82. The van der Waals surface area contributed by atoms with Crippen LogP contribution in [0.5, 0.6) is 5.75 Å². The van der Waals surface area contributed by atoms with Crippen molar-refractivity contribution in [3.8, 4) is 5.75 Å². The number of nitrogens with two attached hydrogens (primary N) is 1. The number of hydrogen-bond acceptors (Lipinski definition) is 2. The van der Waals surface area contributed by atoms with Gasteiger partial charge in [0.05, 0.1) is 7.11 Å². The molecule has 0 aliphatic rings. The molecule has 0 saturated heterocycles. The maximum Gasteiger partial charge on any atom is 0.127 e. The summed E-state index contributed by atoms with van der Waals surface area (Å²) in [5.74, 6) is 0.868. The Morgan fingerprint density at radius 3 is 2.93 bits per heavy atom. The molecule has 2 nitrogen and oxygen atoms in total. The molecule has 3 heteroatoms. The fraction of sp³-hybridized carbons (Fsp3) is 0.273. The van der Waals surface area contributed by atoms with Crippen LogP contribution in [0.1, 0.15) is 12.0 Å². The average molecular weight is 256 g/mol. The van der Waals surface area contributed by atoms with Crippen molar-refractivity contribution in [1.29, 1.82) is 0 Å². The van der Waals surface area contributed by atoms with Crippen molar-refractivity contribution in [3.63, 3.8) is 0 Å². The van der Waals surface area contributed by atoms with E-state index in [9.17, 15) is 0 Å². The molecule has 1 aromatic rings. The maximum absolute atomic E-state index is 5.40. The average Bonchev–Trinajstić information content (AvgIpc) is 2.20. The number of halogens is 1. The van der Waals surface area contributed by atoms with Gasteiger partial charge in [0.15, 0.2) is 0 Å². The molecular weight excluding hydrogens is 242 g/mol. The molecule has 0 fully saturated rings. The molecule has 0 unspecified atom stereocenters. The lowest BCUT2D eigenvalue weighted by Crippen LogP contribution is -1.95. The number of hydrogen-bond donors (Lipinski definition) is 1. The summed E-state index contributed by atoms with van der Waals surface area (Å²) in [7, 11) is 1.67. The van der Waals surface area contributed by atoms with Gasteiger partial charge in [0, 0.05) is 10.0 Å². The number of methoxy groups -OCH3 is 1. The summed E-state index contributed by atoms with van der Waals surface area (Å²) in [6.45, 7) is 0.676. The van der Waals surface area contributed by atoms with Crippen LogP contribution >= 0.6 is 15.9 Å². The first-order valence-corrected chi connectivity index (χ1v) is 5.27. The van der Waals surface area contributed by atoms with Crippen LogP contribution in [0.15, 0.2) is 28.7 Å². The van der Waals surface area contributed by atoms with Gasteiger partial charge in [-0.15, -0.1) is 0 Å². The minimum atomic E-state index is 0.676. The quantitative estimate of drug-likeness (QED) is 0.899. The maximum atomic E-state index is 5.40. The zero-order valence-corrected chi connectivity index (χ0v) is 9.75. The Balaban J connectivity index is 2.85. The van der Waals surface area contributed by atoms with E-state index in [4.69, 9.17) is 10.5 Å². The molecule has 14 heavy (non-hydrogen) atoms. The monoisotopic (exact) mass is 255 g/mol. The fourth-order valence-electron chi connectivity index (χ4n) is 1.13. The lowest BCUT2D eigenvalue weighted by atomic mass is 10.2. The van der Waals surface area contributed by atoms with Gasteiger partial charge >= 0.3 is 0 Å². The van der Waals surface area contributed by atoms with E-state index in [0.717, 1.165) is 22.2 Å². The Morgan fingerprint density at radius 1 is 1.50 bits per heavy atom. The second-order valence-corrected chi connectivity index (χ2v) is 3.78. The summed E-state index contributed by atoms with van der Waals surface area (Å²) < 4.78 is 6.26. The molecule has 0 saturated carbocycles. The summed E-state index contributed by atoms with van der Waals surface area (Å²) in [5, 5.41) is 0. The molecule has 0 aliphatic carbocycles. The third-order valence-corrected chi connectivity index (χ3v) is 2.32. The van der Waals surface area contributed by atoms with E-state index in [-0.39, 0.29) is 0 Å². The first kappa shape index (κ1) is 11.3. The van der Waals surface area contributed by atoms with Gasteiger partial charge in [-0.05, 0) is 25.1 Å². The Kier molecular flexibility index (Phi) is 4.70. The lowest BCUT2D eigenvalue weighted by molar-refractivity contribution is 0.413. The van der Waals surface area contributed by atoms with Crippen LogP contribution in [0.2, 0.25) is 0 Å². The van der Waals surface area contributed by atoms with E-state index in [2.05, 4.69) is 15.9 Å². The molecule has 0 bridgehead atoms. The van der Waals surface area contributed by atoms with Gasteiger partial charge < -0.3 is 10.5 Å². The second kappa shape index (κ2) is 5.83.